The lowest BCUT2D eigenvalue weighted by Gasteiger charge is -2.35. The van der Waals surface area contributed by atoms with Crippen LogP contribution in [0.3, 0.4) is 0 Å². The zero-order valence-corrected chi connectivity index (χ0v) is 19.3. The van der Waals surface area contributed by atoms with Gasteiger partial charge >= 0.3 is 0 Å². The van der Waals surface area contributed by atoms with E-state index in [1.165, 1.54) is 32.1 Å². The van der Waals surface area contributed by atoms with Crippen molar-refractivity contribution in [2.45, 2.75) is 51.1 Å². The fourth-order valence-corrected chi connectivity index (χ4v) is 4.38. The zero-order valence-electron chi connectivity index (χ0n) is 19.3. The minimum absolute atomic E-state index is 0.190. The number of nitrogens with one attached hydrogen (secondary N) is 1. The van der Waals surface area contributed by atoms with Gasteiger partial charge in [-0.3, -0.25) is 4.98 Å². The molecule has 33 heavy (non-hydrogen) atoms. The predicted molar refractivity (Wildman–Crippen MR) is 124 cm³/mol. The minimum Gasteiger partial charge on any atom is -0.495 e. The topological polar surface area (TPSA) is 107 Å². The molecule has 2 atom stereocenters. The van der Waals surface area contributed by atoms with E-state index < -0.39 is 0 Å². The number of nitrogens with zero attached hydrogens (tertiary/aromatic N) is 8. The number of ether oxygens (including phenoxy) is 1. The van der Waals surface area contributed by atoms with Gasteiger partial charge < -0.3 is 15.0 Å². The van der Waals surface area contributed by atoms with Crippen molar-refractivity contribution in [2.75, 3.05) is 31.6 Å². The molecule has 174 valence electrons. The van der Waals surface area contributed by atoms with E-state index in [9.17, 15) is 0 Å². The van der Waals surface area contributed by atoms with Gasteiger partial charge in [-0.25, -0.2) is 0 Å². The third-order valence-corrected chi connectivity index (χ3v) is 6.75. The van der Waals surface area contributed by atoms with Crippen LogP contribution in [-0.4, -0.2) is 68.2 Å². The van der Waals surface area contributed by atoms with E-state index in [0.29, 0.717) is 17.6 Å². The second-order valence-corrected chi connectivity index (χ2v) is 9.03. The molecule has 1 saturated heterocycles. The van der Waals surface area contributed by atoms with Gasteiger partial charge in [-0.05, 0) is 68.5 Å². The number of aromatic nitrogens is 7. The highest BCUT2D eigenvalue weighted by atomic mass is 16.5. The molecule has 5 rings (SSSR count). The summed E-state index contributed by atoms with van der Waals surface area (Å²) in [5.41, 5.74) is 1.54. The molecule has 0 aromatic carbocycles. The Morgan fingerprint density at radius 1 is 1.12 bits per heavy atom. The van der Waals surface area contributed by atoms with Gasteiger partial charge in [-0.2, -0.15) is 9.90 Å². The summed E-state index contributed by atoms with van der Waals surface area (Å²) in [7, 11) is 1.60. The standard InChI is InChI=1S/C23H31N9O/c1-16(32-29-23(28-30-32)18-11-20(33-2)14-24-13-18)21-8-9-22(27-26-21)31-10-4-7-19(15-31)25-12-17-5-3-6-17/h8-9,11,13-14,16-17,19,25H,3-7,10,12,15H2,1-2H3/t16?,19-/m1/s1. The lowest BCUT2D eigenvalue weighted by Crippen LogP contribution is -2.47. The summed E-state index contributed by atoms with van der Waals surface area (Å²) < 4.78 is 5.23. The molecule has 0 spiro atoms. The van der Waals surface area contributed by atoms with Crippen molar-refractivity contribution in [3.8, 4) is 17.1 Å². The first-order chi connectivity index (χ1) is 16.2. The average molecular weight is 450 g/mol. The quantitative estimate of drug-likeness (QED) is 0.555. The van der Waals surface area contributed by atoms with Gasteiger partial charge in [0.25, 0.3) is 0 Å². The lowest BCUT2D eigenvalue weighted by molar-refractivity contribution is 0.280. The number of anilines is 1. The molecule has 4 heterocycles. The molecule has 1 unspecified atom stereocenters. The maximum Gasteiger partial charge on any atom is 0.206 e. The van der Waals surface area contributed by atoms with E-state index in [0.717, 1.165) is 42.6 Å². The Morgan fingerprint density at radius 2 is 2.03 bits per heavy atom. The van der Waals surface area contributed by atoms with Crippen LogP contribution in [0.25, 0.3) is 11.4 Å². The number of methoxy groups -OCH3 is 1. The summed E-state index contributed by atoms with van der Waals surface area (Å²) in [6, 6.07) is 6.24. The van der Waals surface area contributed by atoms with Gasteiger partial charge in [0.2, 0.25) is 5.82 Å². The van der Waals surface area contributed by atoms with E-state index in [2.05, 4.69) is 46.9 Å². The van der Waals surface area contributed by atoms with Crippen LogP contribution in [-0.2, 0) is 0 Å². The second kappa shape index (κ2) is 9.78. The predicted octanol–water partition coefficient (Wildman–Crippen LogP) is 2.50. The molecule has 0 radical (unpaired) electrons. The van der Waals surface area contributed by atoms with E-state index >= 15 is 0 Å². The van der Waals surface area contributed by atoms with Crippen LogP contribution in [0.1, 0.15) is 50.8 Å². The van der Waals surface area contributed by atoms with Gasteiger partial charge in [0.05, 0.1) is 19.0 Å². The van der Waals surface area contributed by atoms with Crippen molar-refractivity contribution in [3.63, 3.8) is 0 Å². The summed E-state index contributed by atoms with van der Waals surface area (Å²) in [4.78, 5) is 8.05. The van der Waals surface area contributed by atoms with Gasteiger partial charge in [-0.15, -0.1) is 15.3 Å². The molecule has 3 aromatic heterocycles. The van der Waals surface area contributed by atoms with Crippen LogP contribution < -0.4 is 15.0 Å². The van der Waals surface area contributed by atoms with Crippen LogP contribution in [0.2, 0.25) is 0 Å². The van der Waals surface area contributed by atoms with Crippen molar-refractivity contribution in [1.82, 2.24) is 40.7 Å². The monoisotopic (exact) mass is 449 g/mol. The molecule has 3 aromatic rings. The van der Waals surface area contributed by atoms with Gasteiger partial charge in [0.15, 0.2) is 5.82 Å². The van der Waals surface area contributed by atoms with Crippen molar-refractivity contribution in [3.05, 3.63) is 36.3 Å². The summed E-state index contributed by atoms with van der Waals surface area (Å²) in [6.45, 7) is 5.15. The van der Waals surface area contributed by atoms with E-state index in [1.54, 1.807) is 24.3 Å². The van der Waals surface area contributed by atoms with Gasteiger partial charge in [0.1, 0.15) is 11.8 Å². The van der Waals surface area contributed by atoms with Crippen molar-refractivity contribution in [2.24, 2.45) is 5.92 Å². The Labute approximate surface area is 193 Å². The third-order valence-electron chi connectivity index (χ3n) is 6.75. The second-order valence-electron chi connectivity index (χ2n) is 9.03. The first-order valence-electron chi connectivity index (χ1n) is 11.8. The van der Waals surface area contributed by atoms with E-state index in [-0.39, 0.29) is 6.04 Å². The number of hydrogen-bond acceptors (Lipinski definition) is 9. The molecule has 0 amide bonds. The maximum absolute atomic E-state index is 5.23. The highest BCUT2D eigenvalue weighted by molar-refractivity contribution is 5.54. The average Bonchev–Trinajstić information content (AvgIpc) is 3.33. The number of pyridine rings is 1. The Kier molecular flexibility index (Phi) is 6.43. The van der Waals surface area contributed by atoms with E-state index in [1.807, 2.05) is 19.1 Å². The van der Waals surface area contributed by atoms with Gasteiger partial charge in [-0.1, -0.05) is 6.42 Å². The smallest absolute Gasteiger partial charge is 0.206 e. The lowest BCUT2D eigenvalue weighted by atomic mass is 9.85. The molecular weight excluding hydrogens is 418 g/mol. The van der Waals surface area contributed by atoms with Crippen LogP contribution in [0.5, 0.6) is 5.75 Å². The Balaban J connectivity index is 1.22. The fraction of sp³-hybridized carbons (Fsp3) is 0.565. The fourth-order valence-electron chi connectivity index (χ4n) is 4.38. The minimum atomic E-state index is -0.190. The zero-order chi connectivity index (χ0) is 22.6. The van der Waals surface area contributed by atoms with Gasteiger partial charge in [0, 0.05) is 30.9 Å². The molecular formula is C23H31N9O. The van der Waals surface area contributed by atoms with Crippen molar-refractivity contribution >= 4 is 5.82 Å². The summed E-state index contributed by atoms with van der Waals surface area (Å²) in [6.07, 6.45) is 9.90. The molecule has 1 saturated carbocycles. The highest BCUT2D eigenvalue weighted by Crippen LogP contribution is 2.26. The van der Waals surface area contributed by atoms with Crippen LogP contribution in [0.15, 0.2) is 30.6 Å². The first kappa shape index (κ1) is 21.7. The Morgan fingerprint density at radius 3 is 2.79 bits per heavy atom. The maximum atomic E-state index is 5.23. The molecule has 1 N–H and O–H groups in total. The molecule has 2 fully saturated rings. The first-order valence-corrected chi connectivity index (χ1v) is 11.8. The highest BCUT2D eigenvalue weighted by Gasteiger charge is 2.24. The molecule has 10 nitrogen and oxygen atoms in total. The Bertz CT molecular complexity index is 1050. The number of piperidine rings is 1. The van der Waals surface area contributed by atoms with Crippen LogP contribution >= 0.6 is 0 Å². The van der Waals surface area contributed by atoms with E-state index in [4.69, 9.17) is 4.74 Å². The third kappa shape index (κ3) is 4.95. The SMILES string of the molecule is COc1cncc(-c2nnn(C(C)c3ccc(N4CCC[C@@H](NCC5CCC5)C4)nn3)n2)c1. The summed E-state index contributed by atoms with van der Waals surface area (Å²) in [5, 5.41) is 25.7. The number of rotatable bonds is 8. The number of tetrazole rings is 1. The number of hydrogen-bond donors (Lipinski definition) is 1. The molecule has 2 aliphatic rings. The molecule has 1 aliphatic heterocycles. The van der Waals surface area contributed by atoms with Crippen molar-refractivity contribution < 1.29 is 4.74 Å². The largest absolute Gasteiger partial charge is 0.495 e. The molecule has 10 heteroatoms. The Hall–Kier alpha value is -3.14. The summed E-state index contributed by atoms with van der Waals surface area (Å²) in [5.74, 6) is 2.95. The normalized spacial score (nSPS) is 19.8. The van der Waals surface area contributed by atoms with Crippen molar-refractivity contribution in [1.29, 1.82) is 0 Å². The van der Waals surface area contributed by atoms with Crippen LogP contribution in [0.4, 0.5) is 5.82 Å². The molecule has 0 bridgehead atoms. The molecule has 1 aliphatic carbocycles. The summed E-state index contributed by atoms with van der Waals surface area (Å²) >= 11 is 0. The van der Waals surface area contributed by atoms with Crippen LogP contribution in [0, 0.1) is 5.92 Å².